The molecule has 0 aliphatic carbocycles. The summed E-state index contributed by atoms with van der Waals surface area (Å²) in [7, 11) is 0. The first kappa shape index (κ1) is 16.7. The lowest BCUT2D eigenvalue weighted by Crippen LogP contribution is -2.14. The van der Waals surface area contributed by atoms with Crippen LogP contribution in [0.2, 0.25) is 0 Å². The Morgan fingerprint density at radius 1 is 0.920 bits per heavy atom. The maximum absolute atomic E-state index is 12.4. The summed E-state index contributed by atoms with van der Waals surface area (Å²) in [5.74, 6) is -0.602. The van der Waals surface area contributed by atoms with E-state index in [4.69, 9.17) is 4.74 Å². The third-order valence-corrected chi connectivity index (χ3v) is 3.93. The van der Waals surface area contributed by atoms with Crippen molar-refractivity contribution in [2.24, 2.45) is 0 Å². The fourth-order valence-electron chi connectivity index (χ4n) is 2.56. The van der Waals surface area contributed by atoms with Gasteiger partial charge in [0.2, 0.25) is 5.91 Å². The van der Waals surface area contributed by atoms with Crippen molar-refractivity contribution in [2.75, 3.05) is 5.32 Å². The number of para-hydroxylation sites is 1. The van der Waals surface area contributed by atoms with Gasteiger partial charge in [0.25, 0.3) is 0 Å². The first-order valence-corrected chi connectivity index (χ1v) is 8.21. The van der Waals surface area contributed by atoms with Crippen LogP contribution in [0.15, 0.2) is 66.7 Å². The third kappa shape index (κ3) is 4.04. The Balaban J connectivity index is 1.72. The van der Waals surface area contributed by atoms with Gasteiger partial charge in [0.1, 0.15) is 6.61 Å². The molecule has 3 aromatic rings. The van der Waals surface area contributed by atoms with Crippen molar-refractivity contribution in [2.45, 2.75) is 20.0 Å². The molecular weight excluding hydrogens is 314 g/mol. The summed E-state index contributed by atoms with van der Waals surface area (Å²) < 4.78 is 5.43. The minimum Gasteiger partial charge on any atom is -0.457 e. The molecule has 0 spiro atoms. The van der Waals surface area contributed by atoms with Crippen molar-refractivity contribution in [3.63, 3.8) is 0 Å². The Labute approximate surface area is 146 Å². The first-order valence-electron chi connectivity index (χ1n) is 8.21. The van der Waals surface area contributed by atoms with Gasteiger partial charge in [-0.3, -0.25) is 4.79 Å². The van der Waals surface area contributed by atoms with Crippen LogP contribution >= 0.6 is 0 Å². The van der Waals surface area contributed by atoms with E-state index in [0.717, 1.165) is 16.3 Å². The monoisotopic (exact) mass is 333 g/mol. The highest BCUT2D eigenvalue weighted by atomic mass is 16.5. The van der Waals surface area contributed by atoms with Gasteiger partial charge in [0.05, 0.1) is 11.3 Å². The topological polar surface area (TPSA) is 55.4 Å². The Kier molecular flexibility index (Phi) is 5.09. The van der Waals surface area contributed by atoms with Crippen molar-refractivity contribution in [3.05, 3.63) is 77.9 Å². The first-order chi connectivity index (χ1) is 12.2. The van der Waals surface area contributed by atoms with Gasteiger partial charge in [-0.2, -0.15) is 0 Å². The van der Waals surface area contributed by atoms with Gasteiger partial charge >= 0.3 is 5.97 Å². The molecule has 3 rings (SSSR count). The average molecular weight is 333 g/mol. The van der Waals surface area contributed by atoms with Crippen molar-refractivity contribution >= 4 is 28.3 Å². The predicted octanol–water partition coefficient (Wildman–Crippen LogP) is 4.55. The highest BCUT2D eigenvalue weighted by Crippen LogP contribution is 2.19. The van der Waals surface area contributed by atoms with Crippen molar-refractivity contribution in [1.29, 1.82) is 0 Å². The van der Waals surface area contributed by atoms with Crippen LogP contribution in [-0.4, -0.2) is 11.9 Å². The summed E-state index contributed by atoms with van der Waals surface area (Å²) in [6.07, 6.45) is 0.348. The number of carbonyl (C=O) groups is 2. The van der Waals surface area contributed by atoms with Crippen LogP contribution < -0.4 is 5.32 Å². The molecule has 1 N–H and O–H groups in total. The van der Waals surface area contributed by atoms with E-state index in [9.17, 15) is 9.59 Å². The molecule has 0 aliphatic rings. The van der Waals surface area contributed by atoms with Gasteiger partial charge in [0.15, 0.2) is 0 Å². The number of fused-ring (bicyclic) bond motifs is 1. The lowest BCUT2D eigenvalue weighted by Gasteiger charge is -2.11. The predicted molar refractivity (Wildman–Crippen MR) is 98.4 cm³/mol. The van der Waals surface area contributed by atoms with Crippen LogP contribution in [0.3, 0.4) is 0 Å². The lowest BCUT2D eigenvalue weighted by atomic mass is 10.1. The Hall–Kier alpha value is -3.14. The van der Waals surface area contributed by atoms with E-state index in [2.05, 4.69) is 5.32 Å². The normalized spacial score (nSPS) is 10.4. The van der Waals surface area contributed by atoms with Crippen molar-refractivity contribution in [1.82, 2.24) is 0 Å². The molecule has 126 valence electrons. The van der Waals surface area contributed by atoms with Crippen LogP contribution in [0.4, 0.5) is 5.69 Å². The molecule has 0 aromatic heterocycles. The fourth-order valence-corrected chi connectivity index (χ4v) is 2.56. The van der Waals surface area contributed by atoms with Gasteiger partial charge in [0, 0.05) is 6.42 Å². The van der Waals surface area contributed by atoms with Gasteiger partial charge in [-0.05, 0) is 34.5 Å². The zero-order valence-corrected chi connectivity index (χ0v) is 14.0. The standard InChI is InChI=1S/C21H19NO3/c1-2-20(23)22-19-10-6-5-9-18(19)21(24)25-14-15-11-12-16-7-3-4-8-17(16)13-15/h3-13H,2,14H2,1H3,(H,22,23). The summed E-state index contributed by atoms with van der Waals surface area (Å²) in [6.45, 7) is 1.94. The van der Waals surface area contributed by atoms with E-state index in [-0.39, 0.29) is 12.5 Å². The number of esters is 1. The summed E-state index contributed by atoms with van der Waals surface area (Å²) in [5, 5.41) is 4.97. The Morgan fingerprint density at radius 2 is 1.64 bits per heavy atom. The molecule has 0 bridgehead atoms. The van der Waals surface area contributed by atoms with E-state index in [0.29, 0.717) is 17.7 Å². The highest BCUT2D eigenvalue weighted by Gasteiger charge is 2.14. The molecule has 0 heterocycles. The summed E-state index contributed by atoms with van der Waals surface area (Å²) in [4.78, 5) is 24.0. The van der Waals surface area contributed by atoms with Crippen LogP contribution in [0.25, 0.3) is 10.8 Å². The van der Waals surface area contributed by atoms with Gasteiger partial charge in [-0.25, -0.2) is 4.79 Å². The minimum absolute atomic E-state index is 0.144. The van der Waals surface area contributed by atoms with E-state index < -0.39 is 5.97 Å². The maximum Gasteiger partial charge on any atom is 0.340 e. The van der Waals surface area contributed by atoms with Crippen LogP contribution in [0.1, 0.15) is 29.3 Å². The number of carbonyl (C=O) groups excluding carboxylic acids is 2. The summed E-state index contributed by atoms with van der Waals surface area (Å²) in [5.41, 5.74) is 1.74. The summed E-state index contributed by atoms with van der Waals surface area (Å²) in [6, 6.07) is 20.8. The van der Waals surface area contributed by atoms with Crippen LogP contribution in [-0.2, 0) is 16.1 Å². The van der Waals surface area contributed by atoms with E-state index in [1.165, 1.54) is 0 Å². The van der Waals surface area contributed by atoms with Gasteiger partial charge < -0.3 is 10.1 Å². The number of ether oxygens (including phenoxy) is 1. The third-order valence-electron chi connectivity index (χ3n) is 3.93. The number of nitrogens with one attached hydrogen (secondary N) is 1. The largest absolute Gasteiger partial charge is 0.457 e. The van der Waals surface area contributed by atoms with Crippen LogP contribution in [0.5, 0.6) is 0 Å². The number of amides is 1. The molecule has 0 fully saturated rings. The van der Waals surface area contributed by atoms with Gasteiger partial charge in [-0.15, -0.1) is 0 Å². The summed E-state index contributed by atoms with van der Waals surface area (Å²) >= 11 is 0. The molecule has 0 unspecified atom stereocenters. The second-order valence-corrected chi connectivity index (χ2v) is 5.70. The van der Waals surface area contributed by atoms with Gasteiger partial charge in [-0.1, -0.05) is 55.5 Å². The number of anilines is 1. The molecular formula is C21H19NO3. The van der Waals surface area contributed by atoms with Crippen molar-refractivity contribution in [3.8, 4) is 0 Å². The smallest absolute Gasteiger partial charge is 0.340 e. The average Bonchev–Trinajstić information content (AvgIpc) is 2.66. The molecule has 4 nitrogen and oxygen atoms in total. The Bertz CT molecular complexity index is 918. The maximum atomic E-state index is 12.4. The zero-order valence-electron chi connectivity index (χ0n) is 14.0. The molecule has 1 amide bonds. The molecule has 0 aliphatic heterocycles. The SMILES string of the molecule is CCC(=O)Nc1ccccc1C(=O)OCc1ccc2ccccc2c1. The van der Waals surface area contributed by atoms with E-state index >= 15 is 0 Å². The molecule has 0 saturated carbocycles. The Morgan fingerprint density at radius 3 is 2.44 bits per heavy atom. The molecule has 3 aromatic carbocycles. The molecule has 25 heavy (non-hydrogen) atoms. The molecule has 0 radical (unpaired) electrons. The highest BCUT2D eigenvalue weighted by molar-refractivity contribution is 6.01. The number of rotatable bonds is 5. The molecule has 0 atom stereocenters. The minimum atomic E-state index is -0.458. The number of hydrogen-bond donors (Lipinski definition) is 1. The second-order valence-electron chi connectivity index (χ2n) is 5.70. The molecule has 4 heteroatoms. The van der Waals surface area contributed by atoms with Crippen LogP contribution in [0, 0.1) is 0 Å². The number of hydrogen-bond acceptors (Lipinski definition) is 3. The zero-order chi connectivity index (χ0) is 17.6. The lowest BCUT2D eigenvalue weighted by molar-refractivity contribution is -0.115. The van der Waals surface area contributed by atoms with E-state index in [1.54, 1.807) is 31.2 Å². The number of benzene rings is 3. The molecule has 0 saturated heterocycles. The van der Waals surface area contributed by atoms with E-state index in [1.807, 2.05) is 42.5 Å². The second kappa shape index (κ2) is 7.62. The fraction of sp³-hybridized carbons (Fsp3) is 0.143. The quantitative estimate of drug-likeness (QED) is 0.697. The van der Waals surface area contributed by atoms with Crippen molar-refractivity contribution < 1.29 is 14.3 Å².